The summed E-state index contributed by atoms with van der Waals surface area (Å²) in [6, 6.07) is 6.40. The van der Waals surface area contributed by atoms with Crippen LogP contribution in [0, 0.1) is 0 Å². The third-order valence-electron chi connectivity index (χ3n) is 3.17. The molecular formula is C14H10N4O4S. The summed E-state index contributed by atoms with van der Waals surface area (Å²) in [5, 5.41) is 4.30. The lowest BCUT2D eigenvalue weighted by molar-refractivity contribution is 0.557. The molecule has 0 aliphatic heterocycles. The van der Waals surface area contributed by atoms with E-state index in [1.165, 1.54) is 29.4 Å². The molecule has 0 spiro atoms. The number of rotatable bonds is 4. The van der Waals surface area contributed by atoms with Crippen LogP contribution >= 0.6 is 0 Å². The largest absolute Gasteiger partial charge is 0.472 e. The zero-order valence-corrected chi connectivity index (χ0v) is 12.4. The Morgan fingerprint density at radius 2 is 1.87 bits per heavy atom. The van der Waals surface area contributed by atoms with Crippen molar-refractivity contribution in [3.8, 4) is 11.4 Å². The predicted octanol–water partition coefficient (Wildman–Crippen LogP) is 2.38. The Kier molecular flexibility index (Phi) is 2.95. The maximum absolute atomic E-state index is 12.2. The smallest absolute Gasteiger partial charge is 0.265 e. The fourth-order valence-corrected chi connectivity index (χ4v) is 3.04. The average Bonchev–Trinajstić information content (AvgIpc) is 3.26. The van der Waals surface area contributed by atoms with Gasteiger partial charge in [-0.15, -0.1) is 5.10 Å². The summed E-state index contributed by atoms with van der Waals surface area (Å²) < 4.78 is 38.1. The summed E-state index contributed by atoms with van der Waals surface area (Å²) in [4.78, 5) is 4.39. The molecule has 4 aromatic heterocycles. The lowest BCUT2D eigenvalue weighted by Gasteiger charge is -2.05. The first-order valence-corrected chi connectivity index (χ1v) is 8.04. The first-order chi connectivity index (χ1) is 11.1. The number of nitrogens with zero attached hydrogens (tertiary/aromatic N) is 3. The number of furan rings is 2. The van der Waals surface area contributed by atoms with E-state index in [0.717, 1.165) is 11.8 Å². The van der Waals surface area contributed by atoms with Crippen molar-refractivity contribution in [3.05, 3.63) is 55.5 Å². The highest BCUT2D eigenvalue weighted by Crippen LogP contribution is 2.20. The van der Waals surface area contributed by atoms with Gasteiger partial charge >= 0.3 is 0 Å². The van der Waals surface area contributed by atoms with Crippen molar-refractivity contribution in [2.45, 2.75) is 4.90 Å². The maximum Gasteiger partial charge on any atom is 0.265 e. The molecular weight excluding hydrogens is 320 g/mol. The molecule has 4 rings (SSSR count). The second kappa shape index (κ2) is 4.99. The van der Waals surface area contributed by atoms with Gasteiger partial charge in [0.2, 0.25) is 0 Å². The van der Waals surface area contributed by atoms with Crippen molar-refractivity contribution in [1.82, 2.24) is 14.6 Å². The van der Waals surface area contributed by atoms with Gasteiger partial charge in [0.25, 0.3) is 10.0 Å². The van der Waals surface area contributed by atoms with Gasteiger partial charge in [-0.25, -0.2) is 17.9 Å². The molecule has 0 radical (unpaired) electrons. The van der Waals surface area contributed by atoms with Crippen LogP contribution in [0.25, 0.3) is 17.0 Å². The van der Waals surface area contributed by atoms with Gasteiger partial charge in [-0.2, -0.15) is 0 Å². The first-order valence-electron chi connectivity index (χ1n) is 6.56. The van der Waals surface area contributed by atoms with Gasteiger partial charge in [0.15, 0.2) is 11.5 Å². The number of nitrogens with one attached hydrogen (secondary N) is 1. The Balaban J connectivity index is 1.69. The van der Waals surface area contributed by atoms with E-state index in [1.54, 1.807) is 24.4 Å². The van der Waals surface area contributed by atoms with Gasteiger partial charge in [0, 0.05) is 0 Å². The Hall–Kier alpha value is -3.07. The zero-order valence-electron chi connectivity index (χ0n) is 11.6. The number of hydrogen-bond donors (Lipinski definition) is 1. The van der Waals surface area contributed by atoms with Crippen LogP contribution < -0.4 is 4.72 Å². The topological polar surface area (TPSA) is 103 Å². The van der Waals surface area contributed by atoms with E-state index in [-0.39, 0.29) is 4.90 Å². The highest BCUT2D eigenvalue weighted by Gasteiger charge is 2.16. The van der Waals surface area contributed by atoms with Gasteiger partial charge < -0.3 is 8.83 Å². The van der Waals surface area contributed by atoms with Gasteiger partial charge in [0.05, 0.1) is 30.0 Å². The average molecular weight is 330 g/mol. The van der Waals surface area contributed by atoms with Crippen molar-refractivity contribution in [2.75, 3.05) is 4.72 Å². The molecule has 4 heterocycles. The van der Waals surface area contributed by atoms with Gasteiger partial charge in [-0.05, 0) is 24.3 Å². The molecule has 23 heavy (non-hydrogen) atoms. The SMILES string of the molecule is O=S(=O)(Nc1ccc2nc(-c3ccoc3)nn2c1)c1ccoc1. The number of hydrogen-bond acceptors (Lipinski definition) is 6. The Labute approximate surface area is 130 Å². The van der Waals surface area contributed by atoms with E-state index < -0.39 is 10.0 Å². The molecule has 0 aromatic carbocycles. The molecule has 1 N–H and O–H groups in total. The zero-order chi connectivity index (χ0) is 15.9. The Morgan fingerprint density at radius 1 is 1.04 bits per heavy atom. The van der Waals surface area contributed by atoms with Crippen molar-refractivity contribution in [2.24, 2.45) is 0 Å². The number of pyridine rings is 1. The summed E-state index contributed by atoms with van der Waals surface area (Å²) in [5.74, 6) is 0.494. The lowest BCUT2D eigenvalue weighted by Crippen LogP contribution is -2.12. The second-order valence-corrected chi connectivity index (χ2v) is 6.41. The van der Waals surface area contributed by atoms with Gasteiger partial charge in [-0.3, -0.25) is 4.72 Å². The number of aromatic nitrogens is 3. The fraction of sp³-hybridized carbons (Fsp3) is 0. The minimum Gasteiger partial charge on any atom is -0.472 e. The molecule has 0 fully saturated rings. The second-order valence-electron chi connectivity index (χ2n) is 4.73. The lowest BCUT2D eigenvalue weighted by atomic mass is 10.3. The number of fused-ring (bicyclic) bond motifs is 1. The molecule has 0 aliphatic carbocycles. The van der Waals surface area contributed by atoms with E-state index in [2.05, 4.69) is 14.8 Å². The van der Waals surface area contributed by atoms with E-state index >= 15 is 0 Å². The molecule has 4 aromatic rings. The van der Waals surface area contributed by atoms with Crippen molar-refractivity contribution < 1.29 is 17.3 Å². The predicted molar refractivity (Wildman–Crippen MR) is 80.2 cm³/mol. The molecule has 0 amide bonds. The summed E-state index contributed by atoms with van der Waals surface area (Å²) in [6.45, 7) is 0. The quantitative estimate of drug-likeness (QED) is 0.616. The third-order valence-corrected chi connectivity index (χ3v) is 4.53. The monoisotopic (exact) mass is 330 g/mol. The van der Waals surface area contributed by atoms with Crippen LogP contribution in [0.1, 0.15) is 0 Å². The van der Waals surface area contributed by atoms with Crippen LogP contribution in [-0.4, -0.2) is 23.0 Å². The molecule has 8 nitrogen and oxygen atoms in total. The molecule has 0 atom stereocenters. The highest BCUT2D eigenvalue weighted by molar-refractivity contribution is 7.92. The van der Waals surface area contributed by atoms with Gasteiger partial charge in [-0.1, -0.05) is 0 Å². The third kappa shape index (κ3) is 2.46. The van der Waals surface area contributed by atoms with Crippen LogP contribution in [0.2, 0.25) is 0 Å². The minimum absolute atomic E-state index is 0.0512. The normalized spacial score (nSPS) is 11.8. The molecule has 0 aliphatic rings. The van der Waals surface area contributed by atoms with Crippen molar-refractivity contribution in [1.29, 1.82) is 0 Å². The summed E-state index contributed by atoms with van der Waals surface area (Å²) in [6.07, 6.45) is 7.08. The summed E-state index contributed by atoms with van der Waals surface area (Å²) in [5.41, 5.74) is 1.70. The van der Waals surface area contributed by atoms with Crippen LogP contribution in [0.5, 0.6) is 0 Å². The van der Waals surface area contributed by atoms with Crippen LogP contribution in [-0.2, 0) is 10.0 Å². The molecule has 0 bridgehead atoms. The number of anilines is 1. The Bertz CT molecular complexity index is 1050. The summed E-state index contributed by atoms with van der Waals surface area (Å²) >= 11 is 0. The first kappa shape index (κ1) is 13.6. The van der Waals surface area contributed by atoms with Crippen LogP contribution in [0.4, 0.5) is 5.69 Å². The molecule has 0 saturated heterocycles. The summed E-state index contributed by atoms with van der Waals surface area (Å²) in [7, 11) is -3.70. The molecule has 0 unspecified atom stereocenters. The molecule has 9 heteroatoms. The van der Waals surface area contributed by atoms with E-state index in [9.17, 15) is 8.42 Å². The van der Waals surface area contributed by atoms with E-state index in [1.807, 2.05) is 0 Å². The van der Waals surface area contributed by atoms with Crippen molar-refractivity contribution >= 4 is 21.4 Å². The fourth-order valence-electron chi connectivity index (χ4n) is 2.08. The standard InChI is InChI=1S/C14H10N4O4S/c19-23(20,12-4-6-22-9-12)17-11-1-2-13-15-14(16-18(13)7-11)10-3-5-21-8-10/h1-9,17H. The van der Waals surface area contributed by atoms with Crippen LogP contribution in [0.15, 0.2) is 69.2 Å². The highest BCUT2D eigenvalue weighted by atomic mass is 32.2. The molecule has 116 valence electrons. The molecule has 0 saturated carbocycles. The van der Waals surface area contributed by atoms with E-state index in [4.69, 9.17) is 8.83 Å². The van der Waals surface area contributed by atoms with E-state index in [0.29, 0.717) is 17.2 Å². The Morgan fingerprint density at radius 3 is 2.61 bits per heavy atom. The van der Waals surface area contributed by atoms with Crippen molar-refractivity contribution in [3.63, 3.8) is 0 Å². The van der Waals surface area contributed by atoms with Crippen LogP contribution in [0.3, 0.4) is 0 Å². The maximum atomic E-state index is 12.2. The minimum atomic E-state index is -3.70. The van der Waals surface area contributed by atoms with Gasteiger partial charge in [0.1, 0.15) is 17.4 Å². The number of sulfonamides is 1.